The highest BCUT2D eigenvalue weighted by molar-refractivity contribution is 7.13. The average Bonchev–Trinajstić information content (AvgIpc) is 3.26. The van der Waals surface area contributed by atoms with E-state index in [1.54, 1.807) is 0 Å². The van der Waals surface area contributed by atoms with Crippen LogP contribution in [0, 0.1) is 6.92 Å². The normalized spacial score (nSPS) is 16.9. The van der Waals surface area contributed by atoms with Crippen molar-refractivity contribution in [3.8, 4) is 0 Å². The van der Waals surface area contributed by atoms with Crippen molar-refractivity contribution in [1.82, 2.24) is 15.1 Å². The van der Waals surface area contributed by atoms with E-state index in [4.69, 9.17) is 0 Å². The van der Waals surface area contributed by atoms with Crippen molar-refractivity contribution in [1.29, 1.82) is 0 Å². The lowest BCUT2D eigenvalue weighted by Gasteiger charge is -2.22. The zero-order valence-corrected chi connectivity index (χ0v) is 15.3. The van der Waals surface area contributed by atoms with Gasteiger partial charge in [-0.15, -0.1) is 10.2 Å². The van der Waals surface area contributed by atoms with Gasteiger partial charge in [-0.05, 0) is 38.3 Å². The summed E-state index contributed by atoms with van der Waals surface area (Å²) in [5.41, 5.74) is 1.86. The summed E-state index contributed by atoms with van der Waals surface area (Å²) in [5.74, 6) is -0.108. The number of carbonyl (C=O) groups is 2. The third-order valence-corrected chi connectivity index (χ3v) is 5.29. The Balaban J connectivity index is 1.70. The first-order valence-corrected chi connectivity index (χ1v) is 9.41. The number of carbonyl (C=O) groups excluding carboxylic acids is 2. The quantitative estimate of drug-likeness (QED) is 0.887. The van der Waals surface area contributed by atoms with Crippen LogP contribution in [-0.4, -0.2) is 33.5 Å². The van der Waals surface area contributed by atoms with Gasteiger partial charge in [-0.25, -0.2) is 0 Å². The van der Waals surface area contributed by atoms with Crippen molar-refractivity contribution in [2.45, 2.75) is 45.6 Å². The number of hydrogen-bond acceptors (Lipinski definition) is 5. The molecule has 7 heteroatoms. The van der Waals surface area contributed by atoms with Crippen LogP contribution in [0.25, 0.3) is 0 Å². The number of nitrogens with one attached hydrogen (secondary N) is 1. The number of likely N-dealkylation sites (tertiary alicyclic amines) is 1. The van der Waals surface area contributed by atoms with Crippen LogP contribution < -0.4 is 5.32 Å². The van der Waals surface area contributed by atoms with Crippen molar-refractivity contribution >= 4 is 28.8 Å². The molecule has 3 rings (SSSR count). The lowest BCUT2D eigenvalue weighted by atomic mass is 10.2. The van der Waals surface area contributed by atoms with Crippen molar-refractivity contribution in [3.63, 3.8) is 0 Å². The highest BCUT2D eigenvalue weighted by atomic mass is 32.1. The smallest absolute Gasteiger partial charge is 0.286 e. The average molecular weight is 358 g/mol. The Bertz CT molecular complexity index is 757. The highest BCUT2D eigenvalue weighted by Crippen LogP contribution is 2.34. The van der Waals surface area contributed by atoms with E-state index >= 15 is 0 Å². The molecule has 0 unspecified atom stereocenters. The van der Waals surface area contributed by atoms with Gasteiger partial charge < -0.3 is 10.2 Å². The molecule has 2 amide bonds. The number of hydrogen-bond donors (Lipinski definition) is 1. The fourth-order valence-electron chi connectivity index (χ4n) is 2.96. The second kappa shape index (κ2) is 7.74. The van der Waals surface area contributed by atoms with Crippen LogP contribution in [0.3, 0.4) is 0 Å². The zero-order valence-electron chi connectivity index (χ0n) is 14.5. The van der Waals surface area contributed by atoms with Crippen molar-refractivity contribution in [2.75, 3.05) is 11.9 Å². The molecule has 0 bridgehead atoms. The van der Waals surface area contributed by atoms with E-state index in [0.29, 0.717) is 11.4 Å². The Morgan fingerprint density at radius 1 is 1.28 bits per heavy atom. The first-order chi connectivity index (χ1) is 12.1. The Morgan fingerprint density at radius 2 is 2.04 bits per heavy atom. The summed E-state index contributed by atoms with van der Waals surface area (Å²) >= 11 is 1.27. The second-order valence-electron chi connectivity index (χ2n) is 6.26. The van der Waals surface area contributed by atoms with Gasteiger partial charge in [0.1, 0.15) is 5.01 Å². The van der Waals surface area contributed by atoms with E-state index in [9.17, 15) is 9.59 Å². The molecule has 0 saturated carbocycles. The van der Waals surface area contributed by atoms with Gasteiger partial charge in [0.2, 0.25) is 10.9 Å². The predicted octanol–water partition coefficient (Wildman–Crippen LogP) is 3.56. The Kier molecular flexibility index (Phi) is 5.43. The molecular formula is C18H22N4O2S. The third kappa shape index (κ3) is 4.04. The minimum absolute atomic E-state index is 0.0440. The van der Waals surface area contributed by atoms with Gasteiger partial charge >= 0.3 is 0 Å². The van der Waals surface area contributed by atoms with E-state index in [2.05, 4.69) is 15.5 Å². The summed E-state index contributed by atoms with van der Waals surface area (Å²) in [6, 6.07) is 7.56. The first-order valence-electron chi connectivity index (χ1n) is 8.59. The number of benzene rings is 1. The van der Waals surface area contributed by atoms with Crippen LogP contribution >= 0.6 is 11.3 Å². The minimum atomic E-state index is -0.267. The molecule has 1 aliphatic heterocycles. The molecule has 2 aromatic rings. The summed E-state index contributed by atoms with van der Waals surface area (Å²) in [6.07, 6.45) is 3.23. The lowest BCUT2D eigenvalue weighted by molar-refractivity contribution is -0.132. The Morgan fingerprint density at radius 3 is 2.76 bits per heavy atom. The number of aryl methyl sites for hydroxylation is 1. The predicted molar refractivity (Wildman–Crippen MR) is 97.6 cm³/mol. The van der Waals surface area contributed by atoms with E-state index in [1.165, 1.54) is 11.3 Å². The molecule has 1 fully saturated rings. The maximum absolute atomic E-state index is 12.4. The fraction of sp³-hybridized carbons (Fsp3) is 0.444. The van der Waals surface area contributed by atoms with Gasteiger partial charge in [-0.3, -0.25) is 9.59 Å². The molecule has 1 aromatic carbocycles. The van der Waals surface area contributed by atoms with Crippen LogP contribution in [0.2, 0.25) is 0 Å². The first kappa shape index (κ1) is 17.5. The van der Waals surface area contributed by atoms with Gasteiger partial charge in [0.05, 0.1) is 6.04 Å². The number of anilines is 1. The largest absolute Gasteiger partial charge is 0.333 e. The molecule has 6 nitrogen and oxygen atoms in total. The van der Waals surface area contributed by atoms with Gasteiger partial charge in [0, 0.05) is 18.7 Å². The van der Waals surface area contributed by atoms with Gasteiger partial charge in [0.25, 0.3) is 5.91 Å². The summed E-state index contributed by atoms with van der Waals surface area (Å²) in [6.45, 7) is 4.76. The number of aromatic nitrogens is 2. The van der Waals surface area contributed by atoms with Gasteiger partial charge in [-0.2, -0.15) is 0 Å². The van der Waals surface area contributed by atoms with E-state index in [-0.39, 0.29) is 17.9 Å². The Labute approximate surface area is 151 Å². The van der Waals surface area contributed by atoms with Crippen LogP contribution in [0.15, 0.2) is 24.3 Å². The zero-order chi connectivity index (χ0) is 17.8. The van der Waals surface area contributed by atoms with E-state index in [0.717, 1.165) is 42.1 Å². The van der Waals surface area contributed by atoms with E-state index in [1.807, 2.05) is 43.0 Å². The molecule has 132 valence electrons. The Hall–Kier alpha value is -2.28. The molecular weight excluding hydrogens is 336 g/mol. The lowest BCUT2D eigenvalue weighted by Crippen LogP contribution is -2.30. The second-order valence-corrected chi connectivity index (χ2v) is 7.27. The molecule has 25 heavy (non-hydrogen) atoms. The number of nitrogens with zero attached hydrogens (tertiary/aromatic N) is 3. The topological polar surface area (TPSA) is 75.2 Å². The molecule has 0 aliphatic carbocycles. The van der Waals surface area contributed by atoms with Crippen LogP contribution in [-0.2, 0) is 4.79 Å². The minimum Gasteiger partial charge on any atom is -0.333 e. The summed E-state index contributed by atoms with van der Waals surface area (Å²) in [5, 5.41) is 12.1. The molecule has 1 aromatic heterocycles. The summed E-state index contributed by atoms with van der Waals surface area (Å²) in [4.78, 5) is 26.5. The molecule has 1 atom stereocenters. The molecule has 2 heterocycles. The summed E-state index contributed by atoms with van der Waals surface area (Å²) < 4.78 is 0. The van der Waals surface area contributed by atoms with Crippen molar-refractivity contribution in [2.24, 2.45) is 0 Å². The fourth-order valence-corrected chi connectivity index (χ4v) is 3.85. The monoisotopic (exact) mass is 358 g/mol. The number of amides is 2. The van der Waals surface area contributed by atoms with Crippen LogP contribution in [0.5, 0.6) is 0 Å². The molecule has 1 saturated heterocycles. The molecule has 0 spiro atoms. The highest BCUT2D eigenvalue weighted by Gasteiger charge is 2.32. The molecule has 1 N–H and O–H groups in total. The maximum atomic E-state index is 12.4. The standard InChI is InChI=1S/C18H22N4O2S/c1-3-5-15(23)22-11-4-6-14(22)17-20-21-18(25-17)16(24)19-13-9-7-12(2)8-10-13/h7-10,14H,3-6,11H2,1-2H3,(H,19,24)/t14-/m1/s1. The van der Waals surface area contributed by atoms with Crippen molar-refractivity contribution in [3.05, 3.63) is 39.8 Å². The van der Waals surface area contributed by atoms with Gasteiger partial charge in [-0.1, -0.05) is 36.0 Å². The molecule has 0 radical (unpaired) electrons. The van der Waals surface area contributed by atoms with Gasteiger partial charge in [0.15, 0.2) is 0 Å². The third-order valence-electron chi connectivity index (χ3n) is 4.27. The maximum Gasteiger partial charge on any atom is 0.286 e. The summed E-state index contributed by atoms with van der Waals surface area (Å²) in [7, 11) is 0. The van der Waals surface area contributed by atoms with Crippen molar-refractivity contribution < 1.29 is 9.59 Å². The molecule has 1 aliphatic rings. The van der Waals surface area contributed by atoms with Crippen LogP contribution in [0.1, 0.15) is 59.0 Å². The van der Waals surface area contributed by atoms with Crippen LogP contribution in [0.4, 0.5) is 5.69 Å². The SMILES string of the molecule is CCCC(=O)N1CCC[C@@H]1c1nnc(C(=O)Nc2ccc(C)cc2)s1. The van der Waals surface area contributed by atoms with E-state index < -0.39 is 0 Å². The number of rotatable bonds is 5.